The summed E-state index contributed by atoms with van der Waals surface area (Å²) in [5, 5.41) is 2.25. The molecule has 1 aromatic rings. The zero-order valence-electron chi connectivity index (χ0n) is 13.1. The molecule has 0 bridgehead atoms. The highest BCUT2D eigenvalue weighted by Crippen LogP contribution is 2.35. The van der Waals surface area contributed by atoms with Gasteiger partial charge >= 0.3 is 12.1 Å². The van der Waals surface area contributed by atoms with Crippen molar-refractivity contribution in [1.82, 2.24) is 5.32 Å². The van der Waals surface area contributed by atoms with Crippen LogP contribution < -0.4 is 5.32 Å². The Kier molecular flexibility index (Phi) is 5.82. The Hall–Kier alpha value is -2.09. The Morgan fingerprint density at radius 1 is 1.29 bits per heavy atom. The molecule has 1 fully saturated rings. The second-order valence-electron chi connectivity index (χ2n) is 5.57. The lowest BCUT2D eigenvalue weighted by Crippen LogP contribution is -2.37. The summed E-state index contributed by atoms with van der Waals surface area (Å²) in [6, 6.07) is 3.00. The molecular weight excluding hydrogens is 327 g/mol. The molecule has 2 rings (SSSR count). The number of carbonyl (C=O) groups excluding carboxylic acids is 2. The molecule has 1 atom stereocenters. The van der Waals surface area contributed by atoms with Crippen molar-refractivity contribution in [3.05, 3.63) is 35.4 Å². The normalized spacial score (nSPS) is 15.7. The van der Waals surface area contributed by atoms with Crippen LogP contribution in [0.3, 0.4) is 0 Å². The molecule has 0 unspecified atom stereocenters. The summed E-state index contributed by atoms with van der Waals surface area (Å²) in [6.45, 7) is 0.105. The van der Waals surface area contributed by atoms with Crippen molar-refractivity contribution in [2.75, 3.05) is 20.3 Å². The van der Waals surface area contributed by atoms with E-state index in [1.54, 1.807) is 0 Å². The quantitative estimate of drug-likeness (QED) is 0.771. The van der Waals surface area contributed by atoms with Gasteiger partial charge in [-0.2, -0.15) is 13.2 Å². The summed E-state index contributed by atoms with van der Waals surface area (Å²) >= 11 is 0. The molecule has 0 radical (unpaired) electrons. The minimum Gasteiger partial charge on any atom is -0.467 e. The number of carbonyl (C=O) groups is 2. The van der Waals surface area contributed by atoms with Crippen molar-refractivity contribution in [3.63, 3.8) is 0 Å². The van der Waals surface area contributed by atoms with Crippen LogP contribution in [-0.4, -0.2) is 32.2 Å². The number of nitrogens with one attached hydrogen (secondary N) is 1. The molecule has 0 aromatic heterocycles. The Bertz CT molecular complexity index is 599. The smallest absolute Gasteiger partial charge is 0.416 e. The number of benzene rings is 1. The van der Waals surface area contributed by atoms with Gasteiger partial charge in [-0.3, -0.25) is 4.79 Å². The fourth-order valence-corrected chi connectivity index (χ4v) is 2.19. The number of methoxy groups -OCH3 is 1. The first kappa shape index (κ1) is 18.3. The summed E-state index contributed by atoms with van der Waals surface area (Å²) in [7, 11) is 1.04. The van der Waals surface area contributed by atoms with Gasteiger partial charge in [0.15, 0.2) is 6.04 Å². The van der Waals surface area contributed by atoms with Crippen LogP contribution in [0, 0.1) is 5.92 Å². The SMILES string of the molecule is COC(=O)[C@H](NC(=O)COCC1CC1)c1ccccc1C(F)(F)F. The zero-order chi connectivity index (χ0) is 17.7. The fraction of sp³-hybridized carbons (Fsp3) is 0.500. The minimum absolute atomic E-state index is 0.321. The number of halogens is 3. The molecule has 132 valence electrons. The van der Waals surface area contributed by atoms with E-state index in [0.29, 0.717) is 12.5 Å². The van der Waals surface area contributed by atoms with Crippen LogP contribution in [-0.2, 0) is 25.2 Å². The van der Waals surface area contributed by atoms with Gasteiger partial charge in [-0.1, -0.05) is 18.2 Å². The van der Waals surface area contributed by atoms with E-state index < -0.39 is 29.7 Å². The summed E-state index contributed by atoms with van der Waals surface area (Å²) in [5.41, 5.74) is -1.37. The van der Waals surface area contributed by atoms with E-state index in [0.717, 1.165) is 32.1 Å². The lowest BCUT2D eigenvalue weighted by Gasteiger charge is -2.21. The van der Waals surface area contributed by atoms with Crippen molar-refractivity contribution in [2.24, 2.45) is 5.92 Å². The predicted molar refractivity (Wildman–Crippen MR) is 77.9 cm³/mol. The van der Waals surface area contributed by atoms with Crippen LogP contribution in [0.5, 0.6) is 0 Å². The van der Waals surface area contributed by atoms with E-state index in [4.69, 9.17) is 4.74 Å². The van der Waals surface area contributed by atoms with E-state index in [9.17, 15) is 22.8 Å². The molecule has 5 nitrogen and oxygen atoms in total. The minimum atomic E-state index is -4.66. The Morgan fingerprint density at radius 2 is 1.96 bits per heavy atom. The van der Waals surface area contributed by atoms with Gasteiger partial charge < -0.3 is 14.8 Å². The van der Waals surface area contributed by atoms with Crippen LogP contribution in [0.4, 0.5) is 13.2 Å². The number of hydrogen-bond acceptors (Lipinski definition) is 4. The van der Waals surface area contributed by atoms with Crippen LogP contribution in [0.2, 0.25) is 0 Å². The largest absolute Gasteiger partial charge is 0.467 e. The molecular formula is C16H18F3NO4. The molecule has 24 heavy (non-hydrogen) atoms. The van der Waals surface area contributed by atoms with E-state index in [1.165, 1.54) is 12.1 Å². The first-order valence-corrected chi connectivity index (χ1v) is 7.44. The third-order valence-corrected chi connectivity index (χ3v) is 3.60. The molecule has 0 spiro atoms. The highest BCUT2D eigenvalue weighted by atomic mass is 19.4. The van der Waals surface area contributed by atoms with Crippen molar-refractivity contribution in [2.45, 2.75) is 25.1 Å². The Morgan fingerprint density at radius 3 is 2.54 bits per heavy atom. The maximum absolute atomic E-state index is 13.1. The first-order valence-electron chi connectivity index (χ1n) is 7.44. The van der Waals surface area contributed by atoms with Gasteiger partial charge in [-0.25, -0.2) is 4.79 Å². The molecule has 1 aromatic carbocycles. The van der Waals surface area contributed by atoms with Gasteiger partial charge in [0, 0.05) is 0 Å². The van der Waals surface area contributed by atoms with Crippen LogP contribution in [0.25, 0.3) is 0 Å². The Balaban J connectivity index is 2.13. The second-order valence-corrected chi connectivity index (χ2v) is 5.57. The van der Waals surface area contributed by atoms with E-state index >= 15 is 0 Å². The number of esters is 1. The summed E-state index contributed by atoms with van der Waals surface area (Å²) < 4.78 is 49.1. The van der Waals surface area contributed by atoms with E-state index in [-0.39, 0.29) is 12.2 Å². The average molecular weight is 345 g/mol. The average Bonchev–Trinajstić information content (AvgIpc) is 3.35. The maximum atomic E-state index is 13.1. The molecule has 1 aliphatic rings. The van der Waals surface area contributed by atoms with Gasteiger partial charge in [0.25, 0.3) is 0 Å². The van der Waals surface area contributed by atoms with Gasteiger partial charge in [-0.15, -0.1) is 0 Å². The topological polar surface area (TPSA) is 64.6 Å². The molecule has 0 saturated heterocycles. The van der Waals surface area contributed by atoms with Crippen molar-refractivity contribution < 1.29 is 32.2 Å². The van der Waals surface area contributed by atoms with Gasteiger partial charge in [0.2, 0.25) is 5.91 Å². The van der Waals surface area contributed by atoms with Gasteiger partial charge in [0.05, 0.1) is 19.3 Å². The van der Waals surface area contributed by atoms with Gasteiger partial charge in [-0.05, 0) is 30.4 Å². The Labute approximate surface area is 137 Å². The van der Waals surface area contributed by atoms with Crippen LogP contribution >= 0.6 is 0 Å². The fourth-order valence-electron chi connectivity index (χ4n) is 2.19. The van der Waals surface area contributed by atoms with Gasteiger partial charge in [0.1, 0.15) is 6.61 Å². The highest BCUT2D eigenvalue weighted by molar-refractivity contribution is 5.86. The molecule has 1 saturated carbocycles. The molecule has 8 heteroatoms. The number of ether oxygens (including phenoxy) is 2. The summed E-state index contributed by atoms with van der Waals surface area (Å²) in [4.78, 5) is 23.8. The molecule has 1 N–H and O–H groups in total. The molecule has 0 heterocycles. The number of rotatable bonds is 7. The second kappa shape index (κ2) is 7.65. The lowest BCUT2D eigenvalue weighted by molar-refractivity contribution is -0.147. The predicted octanol–water partition coefficient (Wildman–Crippen LogP) is 2.46. The maximum Gasteiger partial charge on any atom is 0.416 e. The molecule has 1 aliphatic carbocycles. The van der Waals surface area contributed by atoms with E-state index in [2.05, 4.69) is 10.1 Å². The van der Waals surface area contributed by atoms with Crippen LogP contribution in [0.1, 0.15) is 30.0 Å². The lowest BCUT2D eigenvalue weighted by atomic mass is 9.99. The van der Waals surface area contributed by atoms with Crippen molar-refractivity contribution in [1.29, 1.82) is 0 Å². The standard InChI is InChI=1S/C16H18F3NO4/c1-23-15(22)14(20-13(21)9-24-8-10-6-7-10)11-4-2-3-5-12(11)16(17,18)19/h2-5,10,14H,6-9H2,1H3,(H,20,21)/t14-/m1/s1. The third-order valence-electron chi connectivity index (χ3n) is 3.60. The van der Waals surface area contributed by atoms with Crippen LogP contribution in [0.15, 0.2) is 24.3 Å². The highest BCUT2D eigenvalue weighted by Gasteiger charge is 2.37. The van der Waals surface area contributed by atoms with Crippen molar-refractivity contribution >= 4 is 11.9 Å². The summed E-state index contributed by atoms with van der Waals surface area (Å²) in [6.07, 6.45) is -2.56. The number of amides is 1. The van der Waals surface area contributed by atoms with Crippen molar-refractivity contribution in [3.8, 4) is 0 Å². The summed E-state index contributed by atoms with van der Waals surface area (Å²) in [5.74, 6) is -1.22. The first-order chi connectivity index (χ1) is 11.3. The monoisotopic (exact) mass is 345 g/mol. The number of alkyl halides is 3. The van der Waals surface area contributed by atoms with E-state index in [1.807, 2.05) is 0 Å². The zero-order valence-corrected chi connectivity index (χ0v) is 13.1. The molecule has 0 aliphatic heterocycles. The molecule has 1 amide bonds. The number of hydrogen-bond donors (Lipinski definition) is 1. The third kappa shape index (κ3) is 4.95.